The van der Waals surface area contributed by atoms with Crippen LogP contribution in [-0.2, 0) is 19.7 Å². The van der Waals surface area contributed by atoms with Crippen molar-refractivity contribution in [1.82, 2.24) is 15.0 Å². The minimum absolute atomic E-state index is 0.186. The van der Waals surface area contributed by atoms with E-state index in [9.17, 15) is 4.79 Å². The molecular weight excluding hydrogens is 274 g/mol. The molecule has 3 rings (SSSR count). The second-order valence-electron chi connectivity index (χ2n) is 5.51. The Morgan fingerprint density at radius 1 is 1.48 bits per heavy atom. The average Bonchev–Trinajstić information content (AvgIpc) is 3.18. The van der Waals surface area contributed by atoms with Gasteiger partial charge in [-0.2, -0.15) is 4.98 Å². The summed E-state index contributed by atoms with van der Waals surface area (Å²) in [5.41, 5.74) is -0.708. The third-order valence-corrected chi connectivity index (χ3v) is 4.15. The number of esters is 1. The number of carbonyl (C=O) groups excluding carboxylic acids is 1. The van der Waals surface area contributed by atoms with Crippen molar-refractivity contribution in [1.29, 1.82) is 0 Å². The zero-order valence-corrected chi connectivity index (χ0v) is 12.5. The lowest BCUT2D eigenvalue weighted by molar-refractivity contribution is -0.146. The minimum atomic E-state index is -0.708. The van der Waals surface area contributed by atoms with Crippen molar-refractivity contribution in [2.75, 3.05) is 32.8 Å². The highest BCUT2D eigenvalue weighted by Gasteiger charge is 2.57. The predicted molar refractivity (Wildman–Crippen MR) is 72.7 cm³/mol. The van der Waals surface area contributed by atoms with Crippen LogP contribution in [0.1, 0.15) is 44.5 Å². The smallest absolute Gasteiger partial charge is 0.321 e. The first-order valence-electron chi connectivity index (χ1n) is 7.55. The summed E-state index contributed by atoms with van der Waals surface area (Å²) in [7, 11) is 0. The number of carbonyl (C=O) groups is 1. The quantitative estimate of drug-likeness (QED) is 0.751. The molecule has 0 aromatic carbocycles. The Morgan fingerprint density at radius 2 is 2.29 bits per heavy atom. The zero-order chi connectivity index (χ0) is 14.9. The van der Waals surface area contributed by atoms with Crippen LogP contribution in [0.25, 0.3) is 0 Å². The number of hydrogen-bond donors (Lipinski definition) is 0. The minimum Gasteiger partial charge on any atom is -0.465 e. The van der Waals surface area contributed by atoms with Gasteiger partial charge in [-0.25, -0.2) is 0 Å². The van der Waals surface area contributed by atoms with E-state index in [1.54, 1.807) is 6.92 Å². The van der Waals surface area contributed by atoms with Gasteiger partial charge in [-0.3, -0.25) is 9.69 Å². The number of likely N-dealkylation sites (N-methyl/N-ethyl adjacent to an activating group) is 1. The molecule has 0 bridgehead atoms. The summed E-state index contributed by atoms with van der Waals surface area (Å²) in [4.78, 5) is 18.7. The maximum atomic E-state index is 12.0. The van der Waals surface area contributed by atoms with Crippen LogP contribution in [0.4, 0.5) is 0 Å². The van der Waals surface area contributed by atoms with E-state index in [0.717, 1.165) is 19.6 Å². The summed E-state index contributed by atoms with van der Waals surface area (Å²) in [6, 6.07) is 0. The fourth-order valence-electron chi connectivity index (χ4n) is 2.61. The van der Waals surface area contributed by atoms with E-state index >= 15 is 0 Å². The van der Waals surface area contributed by atoms with Gasteiger partial charge in [0.25, 0.3) is 0 Å². The molecule has 0 amide bonds. The van der Waals surface area contributed by atoms with Gasteiger partial charge in [0.05, 0.1) is 13.2 Å². The molecule has 1 aliphatic carbocycles. The Labute approximate surface area is 123 Å². The Balaban J connectivity index is 1.73. The molecule has 7 nitrogen and oxygen atoms in total. The molecule has 2 aliphatic rings. The van der Waals surface area contributed by atoms with Crippen molar-refractivity contribution in [2.24, 2.45) is 0 Å². The largest absolute Gasteiger partial charge is 0.465 e. The van der Waals surface area contributed by atoms with Gasteiger partial charge in [0.15, 0.2) is 0 Å². The second kappa shape index (κ2) is 5.73. The van der Waals surface area contributed by atoms with Crippen LogP contribution >= 0.6 is 0 Å². The lowest BCUT2D eigenvalue weighted by Gasteiger charge is -2.30. The molecule has 1 unspecified atom stereocenters. The van der Waals surface area contributed by atoms with Crippen LogP contribution in [0.15, 0.2) is 4.52 Å². The lowest BCUT2D eigenvalue weighted by Crippen LogP contribution is -2.38. The van der Waals surface area contributed by atoms with E-state index in [1.165, 1.54) is 0 Å². The van der Waals surface area contributed by atoms with E-state index < -0.39 is 5.41 Å². The molecule has 7 heteroatoms. The standard InChI is InChI=1S/C14H21N3O4/c1-3-17-7-8-20-10(9-17)11-15-12(21-16-11)14(5-6-14)13(18)19-4-2/h10H,3-9H2,1-2H3. The number of ether oxygens (including phenoxy) is 2. The van der Waals surface area contributed by atoms with Gasteiger partial charge in [0.2, 0.25) is 11.7 Å². The lowest BCUT2D eigenvalue weighted by atomic mass is 10.1. The Bertz CT molecular complexity index is 512. The number of morpholine rings is 1. The summed E-state index contributed by atoms with van der Waals surface area (Å²) < 4.78 is 16.1. The number of nitrogens with zero attached hydrogens (tertiary/aromatic N) is 3. The maximum Gasteiger partial charge on any atom is 0.321 e. The third-order valence-electron chi connectivity index (χ3n) is 4.15. The van der Waals surface area contributed by atoms with Gasteiger partial charge in [0, 0.05) is 13.1 Å². The van der Waals surface area contributed by atoms with Crippen LogP contribution in [-0.4, -0.2) is 53.9 Å². The Hall–Kier alpha value is -1.47. The highest BCUT2D eigenvalue weighted by molar-refractivity contribution is 5.85. The number of hydrogen-bond acceptors (Lipinski definition) is 7. The summed E-state index contributed by atoms with van der Waals surface area (Å²) >= 11 is 0. The van der Waals surface area contributed by atoms with E-state index in [2.05, 4.69) is 22.0 Å². The van der Waals surface area contributed by atoms with Crippen molar-refractivity contribution in [2.45, 2.75) is 38.2 Å². The monoisotopic (exact) mass is 295 g/mol. The van der Waals surface area contributed by atoms with Gasteiger partial charge in [-0.15, -0.1) is 0 Å². The molecule has 1 aromatic heterocycles. The molecule has 0 N–H and O–H groups in total. The van der Waals surface area contributed by atoms with Crippen LogP contribution in [0.2, 0.25) is 0 Å². The molecule has 1 saturated carbocycles. The molecule has 1 aliphatic heterocycles. The van der Waals surface area contributed by atoms with Crippen molar-refractivity contribution in [3.05, 3.63) is 11.7 Å². The van der Waals surface area contributed by atoms with Gasteiger partial charge >= 0.3 is 5.97 Å². The van der Waals surface area contributed by atoms with E-state index in [4.69, 9.17) is 14.0 Å². The van der Waals surface area contributed by atoms with Gasteiger partial charge < -0.3 is 14.0 Å². The first kappa shape index (κ1) is 14.5. The molecule has 2 fully saturated rings. The first-order chi connectivity index (χ1) is 10.2. The molecule has 1 saturated heterocycles. The van der Waals surface area contributed by atoms with Crippen LogP contribution in [0.3, 0.4) is 0 Å². The second-order valence-corrected chi connectivity index (χ2v) is 5.51. The van der Waals surface area contributed by atoms with Crippen LogP contribution in [0.5, 0.6) is 0 Å². The Kier molecular flexibility index (Phi) is 3.95. The van der Waals surface area contributed by atoms with E-state index in [0.29, 0.717) is 37.8 Å². The third kappa shape index (κ3) is 2.67. The van der Waals surface area contributed by atoms with Crippen LogP contribution in [0, 0.1) is 0 Å². The summed E-state index contributed by atoms with van der Waals surface area (Å²) in [6.07, 6.45) is 1.23. The topological polar surface area (TPSA) is 77.7 Å². The first-order valence-corrected chi connectivity index (χ1v) is 7.55. The van der Waals surface area contributed by atoms with Crippen molar-refractivity contribution < 1.29 is 18.8 Å². The van der Waals surface area contributed by atoms with Crippen molar-refractivity contribution in [3.63, 3.8) is 0 Å². The molecule has 1 atom stereocenters. The van der Waals surface area contributed by atoms with Crippen LogP contribution < -0.4 is 0 Å². The van der Waals surface area contributed by atoms with Crippen molar-refractivity contribution >= 4 is 5.97 Å². The highest BCUT2D eigenvalue weighted by Crippen LogP contribution is 2.48. The van der Waals surface area contributed by atoms with E-state index in [1.807, 2.05) is 0 Å². The van der Waals surface area contributed by atoms with Gasteiger partial charge in [0.1, 0.15) is 11.5 Å². The Morgan fingerprint density at radius 3 is 2.95 bits per heavy atom. The fraction of sp³-hybridized carbons (Fsp3) is 0.786. The summed E-state index contributed by atoms with van der Waals surface area (Å²) in [5, 5.41) is 4.01. The maximum absolute atomic E-state index is 12.0. The van der Waals surface area contributed by atoms with Gasteiger partial charge in [-0.05, 0) is 26.3 Å². The van der Waals surface area contributed by atoms with Gasteiger partial charge in [-0.1, -0.05) is 12.1 Å². The SMILES string of the molecule is CCOC(=O)C1(c2nc(C3CN(CC)CCO3)no2)CC1. The molecule has 21 heavy (non-hydrogen) atoms. The molecule has 1 aromatic rings. The molecule has 116 valence electrons. The molecule has 0 spiro atoms. The van der Waals surface area contributed by atoms with Crippen molar-refractivity contribution in [3.8, 4) is 0 Å². The highest BCUT2D eigenvalue weighted by atomic mass is 16.5. The number of rotatable bonds is 5. The molecule has 2 heterocycles. The summed E-state index contributed by atoms with van der Waals surface area (Å²) in [6.45, 7) is 7.57. The molecular formula is C14H21N3O4. The normalized spacial score (nSPS) is 24.8. The fourth-order valence-corrected chi connectivity index (χ4v) is 2.61. The molecule has 0 radical (unpaired) electrons. The average molecular weight is 295 g/mol. The van der Waals surface area contributed by atoms with E-state index in [-0.39, 0.29) is 12.1 Å². The predicted octanol–water partition coefficient (Wildman–Crippen LogP) is 1.06. The summed E-state index contributed by atoms with van der Waals surface area (Å²) in [5.74, 6) is 0.631. The zero-order valence-electron chi connectivity index (χ0n) is 12.5. The number of aromatic nitrogens is 2.